The van der Waals surface area contributed by atoms with Gasteiger partial charge < -0.3 is 15.0 Å². The van der Waals surface area contributed by atoms with E-state index in [1.807, 2.05) is 4.90 Å². The highest BCUT2D eigenvalue weighted by Crippen LogP contribution is 2.29. The number of ether oxygens (including phenoxy) is 1. The highest BCUT2D eigenvalue weighted by atomic mass is 19.1. The van der Waals surface area contributed by atoms with Gasteiger partial charge in [0.15, 0.2) is 0 Å². The summed E-state index contributed by atoms with van der Waals surface area (Å²) in [6, 6.07) is 6.21. The largest absolute Gasteiger partial charge is 0.493 e. The topological polar surface area (TPSA) is 58.6 Å². The second kappa shape index (κ2) is 8.32. The first kappa shape index (κ1) is 17.7. The first-order valence-electron chi connectivity index (χ1n) is 9.08. The average molecular weight is 348 g/mol. The van der Waals surface area contributed by atoms with Crippen LogP contribution < -0.4 is 10.1 Å². The molecule has 6 heteroatoms. The van der Waals surface area contributed by atoms with Gasteiger partial charge in [0.2, 0.25) is 11.8 Å². The average Bonchev–Trinajstić information content (AvgIpc) is 3.44. The molecular formula is C19H25FN2O3. The summed E-state index contributed by atoms with van der Waals surface area (Å²) in [5.74, 6) is 0.691. The summed E-state index contributed by atoms with van der Waals surface area (Å²) in [6.45, 7) is 1.78. The molecule has 2 fully saturated rings. The Morgan fingerprint density at radius 2 is 1.96 bits per heavy atom. The van der Waals surface area contributed by atoms with Gasteiger partial charge in [0, 0.05) is 37.5 Å². The molecule has 1 aliphatic carbocycles. The minimum absolute atomic E-state index is 0.120. The second-order valence-corrected chi connectivity index (χ2v) is 6.85. The number of benzene rings is 1. The summed E-state index contributed by atoms with van der Waals surface area (Å²) in [6.07, 6.45) is 4.71. The molecule has 0 atom stereocenters. The molecule has 3 rings (SSSR count). The van der Waals surface area contributed by atoms with Crippen LogP contribution in [0.3, 0.4) is 0 Å². The summed E-state index contributed by atoms with van der Waals surface area (Å²) in [5, 5.41) is 3.09. The maximum Gasteiger partial charge on any atom is 0.223 e. The van der Waals surface area contributed by atoms with Gasteiger partial charge in [0.25, 0.3) is 0 Å². The number of hydrogen-bond acceptors (Lipinski definition) is 3. The van der Waals surface area contributed by atoms with Gasteiger partial charge in [0.05, 0.1) is 6.61 Å². The smallest absolute Gasteiger partial charge is 0.223 e. The van der Waals surface area contributed by atoms with Crippen molar-refractivity contribution < 1.29 is 18.7 Å². The predicted molar refractivity (Wildman–Crippen MR) is 91.6 cm³/mol. The highest BCUT2D eigenvalue weighted by Gasteiger charge is 2.32. The van der Waals surface area contributed by atoms with Crippen LogP contribution in [0.1, 0.15) is 38.5 Å². The number of likely N-dealkylation sites (tertiary alicyclic amines) is 1. The first-order chi connectivity index (χ1) is 12.1. The second-order valence-electron chi connectivity index (χ2n) is 6.85. The van der Waals surface area contributed by atoms with E-state index < -0.39 is 0 Å². The van der Waals surface area contributed by atoms with Gasteiger partial charge in [-0.3, -0.25) is 9.59 Å². The summed E-state index contributed by atoms with van der Waals surface area (Å²) in [7, 11) is 0. The zero-order chi connectivity index (χ0) is 17.6. The Bertz CT molecular complexity index is 610. The molecule has 2 amide bonds. The van der Waals surface area contributed by atoms with Crippen LogP contribution in [0.25, 0.3) is 0 Å². The molecule has 0 radical (unpaired) electrons. The summed E-state index contributed by atoms with van der Waals surface area (Å²) < 4.78 is 18.5. The fraction of sp³-hybridized carbons (Fsp3) is 0.579. The fourth-order valence-corrected chi connectivity index (χ4v) is 3.07. The third-order valence-corrected chi connectivity index (χ3v) is 4.74. The zero-order valence-electron chi connectivity index (χ0n) is 14.4. The fourth-order valence-electron chi connectivity index (χ4n) is 3.07. The van der Waals surface area contributed by atoms with Crippen LogP contribution in [-0.4, -0.2) is 42.5 Å². The van der Waals surface area contributed by atoms with E-state index in [0.717, 1.165) is 25.7 Å². The molecule has 0 unspecified atom stereocenters. The molecule has 1 aliphatic heterocycles. The Kier molecular flexibility index (Phi) is 5.89. The number of carbonyl (C=O) groups is 2. The molecule has 0 aromatic heterocycles. The van der Waals surface area contributed by atoms with Gasteiger partial charge in [-0.15, -0.1) is 0 Å². The lowest BCUT2D eigenvalue weighted by Gasteiger charge is -2.32. The van der Waals surface area contributed by atoms with Crippen molar-refractivity contribution in [1.82, 2.24) is 10.2 Å². The maximum atomic E-state index is 13.0. The minimum Gasteiger partial charge on any atom is -0.493 e. The Morgan fingerprint density at radius 1 is 1.20 bits per heavy atom. The van der Waals surface area contributed by atoms with Crippen molar-refractivity contribution in [3.63, 3.8) is 0 Å². The first-order valence-corrected chi connectivity index (χ1v) is 9.08. The molecule has 1 aromatic rings. The highest BCUT2D eigenvalue weighted by molar-refractivity contribution is 5.81. The molecule has 25 heavy (non-hydrogen) atoms. The third-order valence-electron chi connectivity index (χ3n) is 4.74. The van der Waals surface area contributed by atoms with Crippen molar-refractivity contribution >= 4 is 11.8 Å². The van der Waals surface area contributed by atoms with Crippen molar-refractivity contribution in [1.29, 1.82) is 0 Å². The molecular weight excluding hydrogens is 323 g/mol. The number of amides is 2. The summed E-state index contributed by atoms with van der Waals surface area (Å²) in [5.41, 5.74) is 0. The Balaban J connectivity index is 1.30. The van der Waals surface area contributed by atoms with Crippen LogP contribution in [0.4, 0.5) is 4.39 Å². The van der Waals surface area contributed by atoms with Crippen molar-refractivity contribution in [2.45, 2.75) is 44.6 Å². The summed E-state index contributed by atoms with van der Waals surface area (Å²) >= 11 is 0. The van der Waals surface area contributed by atoms with E-state index in [-0.39, 0.29) is 29.6 Å². The van der Waals surface area contributed by atoms with Gasteiger partial charge in [0.1, 0.15) is 11.6 Å². The van der Waals surface area contributed by atoms with E-state index in [0.29, 0.717) is 38.3 Å². The molecule has 0 spiro atoms. The van der Waals surface area contributed by atoms with E-state index >= 15 is 0 Å². The van der Waals surface area contributed by atoms with Gasteiger partial charge in [-0.2, -0.15) is 0 Å². The van der Waals surface area contributed by atoms with Crippen molar-refractivity contribution in [2.75, 3.05) is 19.7 Å². The lowest BCUT2D eigenvalue weighted by molar-refractivity contribution is -0.132. The zero-order valence-corrected chi connectivity index (χ0v) is 14.4. The van der Waals surface area contributed by atoms with E-state index in [2.05, 4.69) is 5.32 Å². The monoisotopic (exact) mass is 348 g/mol. The number of halogens is 1. The van der Waals surface area contributed by atoms with Crippen LogP contribution in [0.5, 0.6) is 5.75 Å². The van der Waals surface area contributed by atoms with Gasteiger partial charge in [-0.05, 0) is 44.2 Å². The standard InChI is InChI=1S/C19H25FN2O3/c20-15-3-1-4-17(13-15)25-12-2-5-18(23)22-10-8-16(9-11-22)21-19(24)14-6-7-14/h1,3-4,13-14,16H,2,5-12H2,(H,21,24). The number of hydrogen-bond donors (Lipinski definition) is 1. The molecule has 0 bridgehead atoms. The van der Waals surface area contributed by atoms with E-state index in [9.17, 15) is 14.0 Å². The SMILES string of the molecule is O=C(NC1CCN(C(=O)CCCOc2cccc(F)c2)CC1)C1CC1. The van der Waals surface area contributed by atoms with E-state index in [4.69, 9.17) is 4.74 Å². The molecule has 1 saturated heterocycles. The van der Waals surface area contributed by atoms with E-state index in [1.54, 1.807) is 12.1 Å². The number of carbonyl (C=O) groups excluding carboxylic acids is 2. The van der Waals surface area contributed by atoms with Crippen molar-refractivity contribution in [3.05, 3.63) is 30.1 Å². The number of nitrogens with zero attached hydrogens (tertiary/aromatic N) is 1. The minimum atomic E-state index is -0.328. The summed E-state index contributed by atoms with van der Waals surface area (Å²) in [4.78, 5) is 25.9. The van der Waals surface area contributed by atoms with Gasteiger partial charge >= 0.3 is 0 Å². The van der Waals surface area contributed by atoms with Crippen molar-refractivity contribution in [3.8, 4) is 5.75 Å². The van der Waals surface area contributed by atoms with Gasteiger partial charge in [-0.1, -0.05) is 6.07 Å². The molecule has 1 saturated carbocycles. The normalized spacial score (nSPS) is 18.0. The van der Waals surface area contributed by atoms with Crippen LogP contribution in [0.2, 0.25) is 0 Å². The lowest BCUT2D eigenvalue weighted by Crippen LogP contribution is -2.46. The van der Waals surface area contributed by atoms with Crippen LogP contribution >= 0.6 is 0 Å². The number of rotatable bonds is 7. The molecule has 5 nitrogen and oxygen atoms in total. The van der Waals surface area contributed by atoms with Crippen LogP contribution in [-0.2, 0) is 9.59 Å². The lowest BCUT2D eigenvalue weighted by atomic mass is 10.0. The van der Waals surface area contributed by atoms with Crippen LogP contribution in [0.15, 0.2) is 24.3 Å². The molecule has 1 aromatic carbocycles. The van der Waals surface area contributed by atoms with Crippen molar-refractivity contribution in [2.24, 2.45) is 5.92 Å². The molecule has 1 heterocycles. The molecule has 2 aliphatic rings. The third kappa shape index (κ3) is 5.44. The Morgan fingerprint density at radius 3 is 2.64 bits per heavy atom. The quantitative estimate of drug-likeness (QED) is 0.770. The van der Waals surface area contributed by atoms with Crippen LogP contribution in [0, 0.1) is 11.7 Å². The molecule has 136 valence electrons. The molecule has 1 N–H and O–H groups in total. The van der Waals surface area contributed by atoms with Gasteiger partial charge in [-0.25, -0.2) is 4.39 Å². The Labute approximate surface area is 147 Å². The number of nitrogens with one attached hydrogen (secondary N) is 1. The number of piperidine rings is 1. The predicted octanol–water partition coefficient (Wildman–Crippen LogP) is 2.50. The Hall–Kier alpha value is -2.11. The van der Waals surface area contributed by atoms with E-state index in [1.165, 1.54) is 12.1 Å². The maximum absolute atomic E-state index is 13.0.